The summed E-state index contributed by atoms with van der Waals surface area (Å²) in [4.78, 5) is 25.8. The molecule has 0 atom stereocenters. The van der Waals surface area contributed by atoms with E-state index in [1.165, 1.54) is 0 Å². The number of halogens is 1. The summed E-state index contributed by atoms with van der Waals surface area (Å²) in [6.07, 6.45) is 3.13. The minimum atomic E-state index is -0.605. The highest BCUT2D eigenvalue weighted by molar-refractivity contribution is 6.30. The van der Waals surface area contributed by atoms with E-state index in [9.17, 15) is 4.79 Å². The number of aryl methyl sites for hydroxylation is 1. The van der Waals surface area contributed by atoms with E-state index < -0.39 is 30.0 Å². The smallest absolute Gasteiger partial charge is 0.170 e. The standard InChI is InChI=1S/C21H17ClN4O/c1-13-23-12-19(26(13)2)15-3-4-16-11-24-21(25-18(16)9-15)10-20(27)14-5-7-17(22)8-6-14/h3-9,11-12H,10H2,1-2H3/i5D,6D,7D,8D. The Morgan fingerprint density at radius 3 is 2.67 bits per heavy atom. The summed E-state index contributed by atoms with van der Waals surface area (Å²) in [6, 6.07) is 3.91. The fraction of sp³-hybridized carbons (Fsp3) is 0.143. The Kier molecular flexibility index (Phi) is 3.38. The van der Waals surface area contributed by atoms with Gasteiger partial charge in [0.1, 0.15) is 11.6 Å². The predicted octanol–water partition coefficient (Wildman–Crippen LogP) is 4.42. The van der Waals surface area contributed by atoms with Gasteiger partial charge in [0.15, 0.2) is 5.78 Å². The summed E-state index contributed by atoms with van der Waals surface area (Å²) in [7, 11) is 1.93. The van der Waals surface area contributed by atoms with Crippen LogP contribution in [0.3, 0.4) is 0 Å². The number of nitrogens with zero attached hydrogens (tertiary/aromatic N) is 4. The van der Waals surface area contributed by atoms with Gasteiger partial charge in [-0.3, -0.25) is 4.79 Å². The maximum atomic E-state index is 12.8. The van der Waals surface area contributed by atoms with Crippen LogP contribution < -0.4 is 0 Å². The molecular formula is C21H17ClN4O. The van der Waals surface area contributed by atoms with Crippen molar-refractivity contribution in [3.63, 3.8) is 0 Å². The van der Waals surface area contributed by atoms with Gasteiger partial charge in [-0.05, 0) is 37.2 Å². The summed E-state index contributed by atoms with van der Waals surface area (Å²) < 4.78 is 33.6. The number of aromatic nitrogens is 4. The fourth-order valence-electron chi connectivity index (χ4n) is 2.75. The van der Waals surface area contributed by atoms with Gasteiger partial charge in [-0.25, -0.2) is 15.0 Å². The van der Waals surface area contributed by atoms with Gasteiger partial charge in [-0.1, -0.05) is 23.7 Å². The highest BCUT2D eigenvalue weighted by atomic mass is 35.5. The van der Waals surface area contributed by atoms with Gasteiger partial charge in [-0.2, -0.15) is 0 Å². The zero-order valence-corrected chi connectivity index (χ0v) is 15.4. The topological polar surface area (TPSA) is 60.7 Å². The molecule has 0 aliphatic rings. The first-order valence-corrected chi connectivity index (χ1v) is 8.60. The van der Waals surface area contributed by atoms with E-state index in [-0.39, 0.29) is 22.8 Å². The molecule has 0 bridgehead atoms. The SMILES string of the molecule is [2H]c1c([2H])c(C(=O)Cc2ncc3ccc(-c4cnc(C)n4C)cc3n2)c([2H])c([2H])c1Cl. The molecule has 0 unspecified atom stereocenters. The molecule has 5 nitrogen and oxygen atoms in total. The third-order valence-corrected chi connectivity index (χ3v) is 4.53. The Hall–Kier alpha value is -3.05. The lowest BCUT2D eigenvalue weighted by molar-refractivity contribution is 0.0991. The lowest BCUT2D eigenvalue weighted by Crippen LogP contribution is -2.07. The third kappa shape index (κ3) is 3.46. The van der Waals surface area contributed by atoms with Crippen LogP contribution in [0.1, 0.15) is 27.5 Å². The molecule has 0 saturated heterocycles. The number of Topliss-reactive ketones (excluding diaryl/α,β-unsaturated/α-hetero) is 1. The molecule has 2 heterocycles. The largest absolute Gasteiger partial charge is 0.331 e. The highest BCUT2D eigenvalue weighted by Crippen LogP contribution is 2.24. The van der Waals surface area contributed by atoms with Crippen molar-refractivity contribution in [2.45, 2.75) is 13.3 Å². The summed E-state index contributed by atoms with van der Waals surface area (Å²) in [5, 5.41) is 0.487. The Balaban J connectivity index is 1.71. The molecule has 0 saturated carbocycles. The number of carbonyl (C=O) groups is 1. The lowest BCUT2D eigenvalue weighted by atomic mass is 10.1. The summed E-state index contributed by atoms with van der Waals surface area (Å²) in [5.41, 5.74) is 2.18. The molecule has 4 rings (SSSR count). The maximum Gasteiger partial charge on any atom is 0.170 e. The third-order valence-electron chi connectivity index (χ3n) is 4.34. The molecule has 0 amide bonds. The minimum absolute atomic E-state index is 0.225. The Labute approximate surface area is 167 Å². The van der Waals surface area contributed by atoms with Crippen LogP contribution in [0.5, 0.6) is 0 Å². The molecule has 0 aliphatic heterocycles. The second-order valence-corrected chi connectivity index (χ2v) is 6.48. The van der Waals surface area contributed by atoms with E-state index in [1.807, 2.05) is 36.7 Å². The molecule has 134 valence electrons. The average Bonchev–Trinajstić information content (AvgIpc) is 3.09. The number of imidazole rings is 1. The number of hydrogen-bond acceptors (Lipinski definition) is 4. The van der Waals surface area contributed by atoms with Crippen LogP contribution in [0, 0.1) is 6.92 Å². The average molecular weight is 381 g/mol. The molecule has 0 radical (unpaired) electrons. The normalized spacial score (nSPS) is 13.1. The second-order valence-electron chi connectivity index (χ2n) is 6.10. The van der Waals surface area contributed by atoms with Gasteiger partial charge in [0.25, 0.3) is 0 Å². The predicted molar refractivity (Wildman–Crippen MR) is 106 cm³/mol. The van der Waals surface area contributed by atoms with E-state index in [2.05, 4.69) is 15.0 Å². The van der Waals surface area contributed by atoms with E-state index in [4.69, 9.17) is 17.1 Å². The molecule has 4 aromatic rings. The fourth-order valence-corrected chi connectivity index (χ4v) is 2.84. The molecule has 2 aromatic heterocycles. The molecule has 0 spiro atoms. The number of ketones is 1. The van der Waals surface area contributed by atoms with Crippen LogP contribution in [0.4, 0.5) is 0 Å². The van der Waals surface area contributed by atoms with Crippen molar-refractivity contribution >= 4 is 28.3 Å². The van der Waals surface area contributed by atoms with Crippen LogP contribution in [-0.2, 0) is 13.5 Å². The zero-order valence-electron chi connectivity index (χ0n) is 18.7. The van der Waals surface area contributed by atoms with Crippen molar-refractivity contribution in [2.24, 2.45) is 7.05 Å². The first kappa shape index (κ1) is 13.2. The highest BCUT2D eigenvalue weighted by Gasteiger charge is 2.11. The van der Waals surface area contributed by atoms with Gasteiger partial charge >= 0.3 is 0 Å². The van der Waals surface area contributed by atoms with Crippen LogP contribution in [-0.4, -0.2) is 25.3 Å². The number of fused-ring (bicyclic) bond motifs is 1. The number of carbonyl (C=O) groups excluding carboxylic acids is 1. The Bertz CT molecular complexity index is 1340. The molecule has 0 fully saturated rings. The summed E-state index contributed by atoms with van der Waals surface area (Å²) >= 11 is 5.81. The Morgan fingerprint density at radius 2 is 1.96 bits per heavy atom. The van der Waals surface area contributed by atoms with Gasteiger partial charge in [-0.15, -0.1) is 0 Å². The van der Waals surface area contributed by atoms with E-state index in [1.54, 1.807) is 12.4 Å². The van der Waals surface area contributed by atoms with Crippen LogP contribution in [0.25, 0.3) is 22.2 Å². The molecule has 0 N–H and O–H groups in total. The van der Waals surface area contributed by atoms with Crippen molar-refractivity contribution in [2.75, 3.05) is 0 Å². The second kappa shape index (κ2) is 6.93. The summed E-state index contributed by atoms with van der Waals surface area (Å²) in [5.74, 6) is 0.501. The monoisotopic (exact) mass is 380 g/mol. The van der Waals surface area contributed by atoms with Crippen molar-refractivity contribution in [1.82, 2.24) is 19.5 Å². The minimum Gasteiger partial charge on any atom is -0.331 e. The molecular weight excluding hydrogens is 360 g/mol. The van der Waals surface area contributed by atoms with Crippen molar-refractivity contribution in [3.05, 3.63) is 77.0 Å². The van der Waals surface area contributed by atoms with Gasteiger partial charge in [0.05, 0.1) is 29.3 Å². The maximum absolute atomic E-state index is 12.8. The van der Waals surface area contributed by atoms with E-state index >= 15 is 0 Å². The summed E-state index contributed by atoms with van der Waals surface area (Å²) in [6.45, 7) is 1.92. The van der Waals surface area contributed by atoms with Crippen LogP contribution in [0.2, 0.25) is 5.02 Å². The first-order valence-electron chi connectivity index (χ1n) is 10.2. The molecule has 27 heavy (non-hydrogen) atoms. The van der Waals surface area contributed by atoms with Crippen LogP contribution in [0.15, 0.2) is 54.8 Å². The van der Waals surface area contributed by atoms with Crippen molar-refractivity contribution in [1.29, 1.82) is 0 Å². The quantitative estimate of drug-likeness (QED) is 0.492. The van der Waals surface area contributed by atoms with Gasteiger partial charge < -0.3 is 4.57 Å². The Morgan fingerprint density at radius 1 is 1.19 bits per heavy atom. The van der Waals surface area contributed by atoms with E-state index in [0.717, 1.165) is 22.5 Å². The van der Waals surface area contributed by atoms with Crippen LogP contribution >= 0.6 is 11.6 Å². The first-order chi connectivity index (χ1) is 14.7. The lowest BCUT2D eigenvalue weighted by Gasteiger charge is -2.06. The van der Waals surface area contributed by atoms with Crippen molar-refractivity contribution < 1.29 is 10.3 Å². The van der Waals surface area contributed by atoms with Gasteiger partial charge in [0, 0.05) is 34.8 Å². The zero-order chi connectivity index (χ0) is 22.4. The number of rotatable bonds is 4. The number of benzene rings is 2. The van der Waals surface area contributed by atoms with Gasteiger partial charge in [0.2, 0.25) is 0 Å². The number of hydrogen-bond donors (Lipinski definition) is 0. The molecule has 6 heteroatoms. The van der Waals surface area contributed by atoms with E-state index in [0.29, 0.717) is 5.52 Å². The molecule has 2 aromatic carbocycles. The molecule has 0 aliphatic carbocycles. The van der Waals surface area contributed by atoms with Crippen molar-refractivity contribution in [3.8, 4) is 11.3 Å².